The summed E-state index contributed by atoms with van der Waals surface area (Å²) in [6, 6.07) is 10.4. The molecule has 4 rings (SSSR count). The van der Waals surface area contributed by atoms with Crippen LogP contribution in [-0.4, -0.2) is 34.8 Å². The maximum atomic E-state index is 13.8. The van der Waals surface area contributed by atoms with Gasteiger partial charge >= 0.3 is 5.97 Å². The van der Waals surface area contributed by atoms with Crippen molar-refractivity contribution in [2.75, 3.05) is 6.79 Å². The van der Waals surface area contributed by atoms with Crippen molar-refractivity contribution in [1.29, 1.82) is 0 Å². The van der Waals surface area contributed by atoms with E-state index in [4.69, 9.17) is 9.47 Å². The zero-order valence-electron chi connectivity index (χ0n) is 18.1. The second-order valence-electron chi connectivity index (χ2n) is 8.52. The Balaban J connectivity index is 1.69. The van der Waals surface area contributed by atoms with Gasteiger partial charge in [-0.25, -0.2) is 0 Å². The van der Waals surface area contributed by atoms with Gasteiger partial charge in [-0.05, 0) is 48.2 Å². The number of fused-ring (bicyclic) bond motifs is 1. The zero-order chi connectivity index (χ0) is 22.7. The number of Topliss-reactive ketones (excluding diaryl/α,β-unsaturated/α-hetero) is 1. The molecule has 0 amide bonds. The molecule has 2 aromatic carbocycles. The number of carbonyl (C=O) groups excluding carboxylic acids is 1. The van der Waals surface area contributed by atoms with Crippen LogP contribution in [0.1, 0.15) is 61.0 Å². The molecule has 32 heavy (non-hydrogen) atoms. The van der Waals surface area contributed by atoms with E-state index in [0.717, 1.165) is 31.2 Å². The fourth-order valence-electron chi connectivity index (χ4n) is 4.86. The molecule has 0 radical (unpaired) electrons. The van der Waals surface area contributed by atoms with Crippen molar-refractivity contribution in [3.63, 3.8) is 0 Å². The van der Waals surface area contributed by atoms with E-state index < -0.39 is 24.0 Å². The van der Waals surface area contributed by atoms with Crippen molar-refractivity contribution in [2.24, 2.45) is 11.8 Å². The molecule has 0 bridgehead atoms. The molecule has 4 atom stereocenters. The predicted molar refractivity (Wildman–Crippen MR) is 118 cm³/mol. The van der Waals surface area contributed by atoms with Crippen molar-refractivity contribution in [3.8, 4) is 17.2 Å². The summed E-state index contributed by atoms with van der Waals surface area (Å²) in [5.74, 6) is -0.716. The number of aromatic hydroxyl groups is 1. The van der Waals surface area contributed by atoms with Crippen LogP contribution in [0.2, 0.25) is 0 Å². The van der Waals surface area contributed by atoms with Gasteiger partial charge in [0.1, 0.15) is 11.8 Å². The highest BCUT2D eigenvalue weighted by atomic mass is 16.7. The van der Waals surface area contributed by atoms with Gasteiger partial charge in [0.2, 0.25) is 6.79 Å². The molecule has 3 N–H and O–H groups in total. The number of carboxylic acid groups (broad SMARTS) is 1. The van der Waals surface area contributed by atoms with E-state index in [1.807, 2.05) is 0 Å². The van der Waals surface area contributed by atoms with Crippen LogP contribution in [0.15, 0.2) is 42.5 Å². The second kappa shape index (κ2) is 9.61. The quantitative estimate of drug-likeness (QED) is 0.395. The highest BCUT2D eigenvalue weighted by Crippen LogP contribution is 2.43. The van der Waals surface area contributed by atoms with Crippen LogP contribution in [0.4, 0.5) is 0 Å². The summed E-state index contributed by atoms with van der Waals surface area (Å²) < 4.78 is 10.8. The fraction of sp³-hybridized carbons (Fsp3) is 0.440. The van der Waals surface area contributed by atoms with Crippen molar-refractivity contribution in [3.05, 3.63) is 53.6 Å². The summed E-state index contributed by atoms with van der Waals surface area (Å²) in [5.41, 5.74) is 1.26. The lowest BCUT2D eigenvalue weighted by molar-refractivity contribution is -0.140. The molecule has 1 fully saturated rings. The van der Waals surface area contributed by atoms with Crippen LogP contribution in [0.5, 0.6) is 17.2 Å². The van der Waals surface area contributed by atoms with Gasteiger partial charge < -0.3 is 19.7 Å². The first-order valence-corrected chi connectivity index (χ1v) is 11.2. The fourth-order valence-corrected chi connectivity index (χ4v) is 4.86. The summed E-state index contributed by atoms with van der Waals surface area (Å²) in [4.78, 5) is 25.9. The Morgan fingerprint density at radius 1 is 1.03 bits per heavy atom. The molecule has 4 unspecified atom stereocenters. The second-order valence-corrected chi connectivity index (χ2v) is 8.52. The molecule has 0 spiro atoms. The van der Waals surface area contributed by atoms with E-state index in [-0.39, 0.29) is 24.2 Å². The molecule has 2 aliphatic rings. The largest absolute Gasteiger partial charge is 0.508 e. The average molecular weight is 440 g/mol. The number of ether oxygens (including phenoxy) is 2. The highest BCUT2D eigenvalue weighted by Gasteiger charge is 2.49. The van der Waals surface area contributed by atoms with Crippen molar-refractivity contribution < 1.29 is 29.3 Å². The van der Waals surface area contributed by atoms with Crippen LogP contribution >= 0.6 is 0 Å². The number of hydrogen-bond acceptors (Lipinski definition) is 6. The Bertz CT molecular complexity index is 973. The van der Waals surface area contributed by atoms with Gasteiger partial charge in [0.25, 0.3) is 0 Å². The van der Waals surface area contributed by atoms with Crippen molar-refractivity contribution in [2.45, 2.75) is 51.1 Å². The molecule has 0 aliphatic carbocycles. The number of aliphatic carboxylic acids is 1. The van der Waals surface area contributed by atoms with Gasteiger partial charge in [-0.15, -0.1) is 0 Å². The molecular formula is C25H29NO6. The van der Waals surface area contributed by atoms with Gasteiger partial charge in [-0.3, -0.25) is 14.9 Å². The van der Waals surface area contributed by atoms with E-state index in [1.165, 1.54) is 0 Å². The lowest BCUT2D eigenvalue weighted by Crippen LogP contribution is -2.36. The maximum absolute atomic E-state index is 13.8. The van der Waals surface area contributed by atoms with Gasteiger partial charge in [-0.1, -0.05) is 44.7 Å². The molecule has 0 aromatic heterocycles. The van der Waals surface area contributed by atoms with E-state index in [0.29, 0.717) is 23.5 Å². The van der Waals surface area contributed by atoms with E-state index in [1.54, 1.807) is 42.5 Å². The molecule has 2 aromatic rings. The summed E-state index contributed by atoms with van der Waals surface area (Å²) >= 11 is 0. The standard InChI is InChI=1S/C25H29NO6/c1-2-3-4-5-6-18-21(24(28)16-9-12-19-20(13-16)32-14-31-19)22(26-23(18)25(29)30)15-7-10-17(27)11-8-15/h7-13,18,21-23,26-27H,2-6,14H2,1H3,(H,29,30). The minimum absolute atomic E-state index is 0.113. The third-order valence-corrected chi connectivity index (χ3v) is 6.48. The summed E-state index contributed by atoms with van der Waals surface area (Å²) in [6.07, 6.45) is 4.70. The monoisotopic (exact) mass is 439 g/mol. The third kappa shape index (κ3) is 4.43. The molecule has 0 saturated carbocycles. The maximum Gasteiger partial charge on any atom is 0.321 e. The molecule has 2 aliphatic heterocycles. The number of unbranched alkanes of at least 4 members (excludes halogenated alkanes) is 3. The van der Waals surface area contributed by atoms with Crippen LogP contribution in [0.25, 0.3) is 0 Å². The van der Waals surface area contributed by atoms with E-state index in [9.17, 15) is 19.8 Å². The zero-order valence-corrected chi connectivity index (χ0v) is 18.1. The lowest BCUT2D eigenvalue weighted by Gasteiger charge is -2.24. The van der Waals surface area contributed by atoms with Crippen LogP contribution in [0, 0.1) is 11.8 Å². The normalized spacial score (nSPS) is 23.9. The topological polar surface area (TPSA) is 105 Å². The van der Waals surface area contributed by atoms with Gasteiger partial charge in [0.15, 0.2) is 17.3 Å². The molecule has 2 heterocycles. The Morgan fingerprint density at radius 3 is 2.50 bits per heavy atom. The number of rotatable bonds is 9. The number of nitrogens with one attached hydrogen (secondary N) is 1. The van der Waals surface area contributed by atoms with Gasteiger partial charge in [-0.2, -0.15) is 0 Å². The van der Waals surface area contributed by atoms with Crippen molar-refractivity contribution in [1.82, 2.24) is 5.32 Å². The van der Waals surface area contributed by atoms with Crippen LogP contribution in [0.3, 0.4) is 0 Å². The smallest absolute Gasteiger partial charge is 0.321 e. The first kappa shape index (κ1) is 22.1. The first-order chi connectivity index (χ1) is 15.5. The average Bonchev–Trinajstić information content (AvgIpc) is 3.41. The molecule has 7 nitrogen and oxygen atoms in total. The van der Waals surface area contributed by atoms with Crippen LogP contribution in [-0.2, 0) is 4.79 Å². The van der Waals surface area contributed by atoms with E-state index >= 15 is 0 Å². The summed E-state index contributed by atoms with van der Waals surface area (Å²) in [7, 11) is 0. The SMILES string of the molecule is CCCCCCC1C(C(=O)O)NC(c2ccc(O)cc2)C1C(=O)c1ccc2c(c1)OCO2. The minimum atomic E-state index is -0.949. The Labute approximate surface area is 187 Å². The molecular weight excluding hydrogens is 410 g/mol. The Hall–Kier alpha value is -3.06. The number of carboxylic acids is 1. The molecule has 170 valence electrons. The molecule has 7 heteroatoms. The predicted octanol–water partition coefficient (Wildman–Crippen LogP) is 4.30. The summed E-state index contributed by atoms with van der Waals surface area (Å²) in [6.45, 7) is 2.25. The highest BCUT2D eigenvalue weighted by molar-refractivity contribution is 6.00. The van der Waals surface area contributed by atoms with E-state index in [2.05, 4.69) is 12.2 Å². The van der Waals surface area contributed by atoms with Gasteiger partial charge in [0, 0.05) is 17.5 Å². The lowest BCUT2D eigenvalue weighted by atomic mass is 9.77. The van der Waals surface area contributed by atoms with Gasteiger partial charge in [0.05, 0.1) is 0 Å². The number of ketones is 1. The van der Waals surface area contributed by atoms with Crippen molar-refractivity contribution >= 4 is 11.8 Å². The Kier molecular flexibility index (Phi) is 6.65. The number of phenols is 1. The first-order valence-electron chi connectivity index (χ1n) is 11.2. The number of phenolic OH excluding ortho intramolecular Hbond substituents is 1. The summed E-state index contributed by atoms with van der Waals surface area (Å²) in [5, 5.41) is 22.8. The minimum Gasteiger partial charge on any atom is -0.508 e. The Morgan fingerprint density at radius 2 is 1.78 bits per heavy atom. The number of hydrogen-bond donors (Lipinski definition) is 3. The molecule has 1 saturated heterocycles. The third-order valence-electron chi connectivity index (χ3n) is 6.48. The number of carbonyl (C=O) groups is 2. The van der Waals surface area contributed by atoms with Crippen LogP contribution < -0.4 is 14.8 Å². The number of benzene rings is 2.